The highest BCUT2D eigenvalue weighted by Crippen LogP contribution is 2.38. The minimum absolute atomic E-state index is 0.241. The molecule has 0 spiro atoms. The van der Waals surface area contributed by atoms with E-state index in [2.05, 4.69) is 22.3 Å². The number of benzene rings is 2. The maximum Gasteiger partial charge on any atom is 0.258 e. The minimum atomic E-state index is -0.241. The smallest absolute Gasteiger partial charge is 0.258 e. The van der Waals surface area contributed by atoms with Crippen molar-refractivity contribution in [3.05, 3.63) is 65.7 Å². The van der Waals surface area contributed by atoms with Crippen LogP contribution in [0.5, 0.6) is 11.5 Å². The van der Waals surface area contributed by atoms with E-state index in [0.29, 0.717) is 16.8 Å². The van der Waals surface area contributed by atoms with Gasteiger partial charge in [-0.15, -0.1) is 0 Å². The minimum Gasteiger partial charge on any atom is -0.497 e. The molecule has 0 fully saturated rings. The van der Waals surface area contributed by atoms with Crippen molar-refractivity contribution < 1.29 is 14.0 Å². The number of nitrogens with one attached hydrogen (secondary N) is 1. The van der Waals surface area contributed by atoms with Crippen LogP contribution >= 0.6 is 12.2 Å². The van der Waals surface area contributed by atoms with Crippen LogP contribution in [0.4, 0.5) is 0 Å². The monoisotopic (exact) mass is 450 g/mol. The Bertz CT molecular complexity index is 1140. The van der Waals surface area contributed by atoms with E-state index in [9.17, 15) is 0 Å². The Morgan fingerprint density at radius 2 is 1.84 bits per heavy atom. The molecule has 7 nitrogen and oxygen atoms in total. The van der Waals surface area contributed by atoms with Crippen molar-refractivity contribution in [2.24, 2.45) is 0 Å². The van der Waals surface area contributed by atoms with Crippen LogP contribution in [0.1, 0.15) is 37.8 Å². The highest BCUT2D eigenvalue weighted by molar-refractivity contribution is 7.80. The van der Waals surface area contributed by atoms with E-state index in [1.54, 1.807) is 14.2 Å². The molecule has 0 bridgehead atoms. The van der Waals surface area contributed by atoms with Gasteiger partial charge in [-0.1, -0.05) is 24.2 Å². The van der Waals surface area contributed by atoms with Crippen molar-refractivity contribution in [3.63, 3.8) is 0 Å². The van der Waals surface area contributed by atoms with Gasteiger partial charge in [-0.2, -0.15) is 4.98 Å². The Morgan fingerprint density at radius 1 is 1.09 bits per heavy atom. The van der Waals surface area contributed by atoms with Gasteiger partial charge in [0.2, 0.25) is 5.82 Å². The number of rotatable bonds is 7. The van der Waals surface area contributed by atoms with E-state index in [4.69, 9.17) is 31.2 Å². The molecule has 1 aliphatic rings. The molecule has 0 amide bonds. The Kier molecular flexibility index (Phi) is 6.41. The van der Waals surface area contributed by atoms with Crippen LogP contribution in [0.3, 0.4) is 0 Å². The molecule has 166 valence electrons. The third-order valence-corrected chi connectivity index (χ3v) is 5.81. The Labute approximate surface area is 193 Å². The second-order valence-corrected chi connectivity index (χ2v) is 7.85. The third-order valence-electron chi connectivity index (χ3n) is 5.48. The highest BCUT2D eigenvalue weighted by atomic mass is 32.1. The normalized spacial score (nSPS) is 16.2. The quantitative estimate of drug-likeness (QED) is 0.514. The Morgan fingerprint density at radius 3 is 2.53 bits per heavy atom. The molecule has 2 aromatic carbocycles. The van der Waals surface area contributed by atoms with Gasteiger partial charge in [-0.3, -0.25) is 0 Å². The number of methoxy groups -OCH3 is 2. The van der Waals surface area contributed by atoms with E-state index in [0.717, 1.165) is 46.9 Å². The first kappa shape index (κ1) is 21.8. The summed E-state index contributed by atoms with van der Waals surface area (Å²) in [5.74, 6) is 2.52. The van der Waals surface area contributed by atoms with E-state index in [1.165, 1.54) is 0 Å². The van der Waals surface area contributed by atoms with Crippen molar-refractivity contribution in [1.82, 2.24) is 20.4 Å². The number of allylic oxidation sites excluding steroid dienone is 1. The second-order valence-electron chi connectivity index (χ2n) is 7.46. The summed E-state index contributed by atoms with van der Waals surface area (Å²) < 4.78 is 16.4. The van der Waals surface area contributed by atoms with Crippen molar-refractivity contribution in [1.29, 1.82) is 0 Å². The molecule has 1 atom stereocenters. The molecule has 32 heavy (non-hydrogen) atoms. The van der Waals surface area contributed by atoms with Crippen LogP contribution in [-0.2, 0) is 0 Å². The summed E-state index contributed by atoms with van der Waals surface area (Å²) in [6, 6.07) is 15.2. The predicted molar refractivity (Wildman–Crippen MR) is 127 cm³/mol. The van der Waals surface area contributed by atoms with E-state index in [1.807, 2.05) is 55.5 Å². The zero-order valence-corrected chi connectivity index (χ0v) is 19.4. The lowest BCUT2D eigenvalue weighted by atomic mass is 9.94. The summed E-state index contributed by atoms with van der Waals surface area (Å²) in [5, 5.41) is 8.38. The van der Waals surface area contributed by atoms with Gasteiger partial charge in [0, 0.05) is 17.8 Å². The molecule has 1 aliphatic heterocycles. The fourth-order valence-corrected chi connectivity index (χ4v) is 4.16. The van der Waals surface area contributed by atoms with Gasteiger partial charge in [0.15, 0.2) is 5.11 Å². The Balaban J connectivity index is 1.79. The molecular formula is C24H26N4O3S. The van der Waals surface area contributed by atoms with Crippen molar-refractivity contribution in [2.45, 2.75) is 26.3 Å². The fourth-order valence-electron chi connectivity index (χ4n) is 3.81. The van der Waals surface area contributed by atoms with Crippen LogP contribution in [0.2, 0.25) is 0 Å². The maximum absolute atomic E-state index is 5.76. The van der Waals surface area contributed by atoms with Crippen LogP contribution in [-0.4, -0.2) is 40.9 Å². The molecule has 2 heterocycles. The molecule has 1 aromatic heterocycles. The standard InChI is InChI=1S/C24H26N4O3S/c1-5-13-28-15(2)20(21(25-24(28)32)17-7-6-8-19(14-17)30-4)23-26-22(27-31-23)16-9-11-18(29-3)12-10-16/h6-12,14,21H,5,13H2,1-4H3,(H,25,32). The summed E-state index contributed by atoms with van der Waals surface area (Å²) in [5.41, 5.74) is 3.74. The number of hydrogen-bond acceptors (Lipinski definition) is 6. The molecule has 1 N–H and O–H groups in total. The molecule has 1 unspecified atom stereocenters. The van der Waals surface area contributed by atoms with Crippen LogP contribution in [0.15, 0.2) is 58.8 Å². The average molecular weight is 451 g/mol. The number of nitrogens with zero attached hydrogens (tertiary/aromatic N) is 3. The number of ether oxygens (including phenoxy) is 2. The first-order chi connectivity index (χ1) is 15.5. The molecule has 0 aliphatic carbocycles. The maximum atomic E-state index is 5.76. The predicted octanol–water partition coefficient (Wildman–Crippen LogP) is 4.83. The molecule has 0 radical (unpaired) electrons. The van der Waals surface area contributed by atoms with Crippen molar-refractivity contribution in [2.75, 3.05) is 20.8 Å². The van der Waals surface area contributed by atoms with Crippen LogP contribution < -0.4 is 14.8 Å². The Hall–Kier alpha value is -3.39. The van der Waals surface area contributed by atoms with Crippen LogP contribution in [0.25, 0.3) is 17.0 Å². The summed E-state index contributed by atoms with van der Waals surface area (Å²) >= 11 is 5.69. The number of aromatic nitrogens is 2. The van der Waals surface area contributed by atoms with E-state index in [-0.39, 0.29) is 6.04 Å². The van der Waals surface area contributed by atoms with Gasteiger partial charge >= 0.3 is 0 Å². The lowest BCUT2D eigenvalue weighted by molar-refractivity contribution is 0.395. The summed E-state index contributed by atoms with van der Waals surface area (Å²) in [4.78, 5) is 6.81. The van der Waals surface area contributed by atoms with Gasteiger partial charge < -0.3 is 24.2 Å². The molecule has 0 saturated heterocycles. The first-order valence-corrected chi connectivity index (χ1v) is 10.9. The van der Waals surface area contributed by atoms with Gasteiger partial charge in [0.05, 0.1) is 25.8 Å². The summed E-state index contributed by atoms with van der Waals surface area (Å²) in [7, 11) is 3.29. The average Bonchev–Trinajstić information content (AvgIpc) is 3.31. The van der Waals surface area contributed by atoms with E-state index >= 15 is 0 Å². The largest absolute Gasteiger partial charge is 0.497 e. The molecule has 3 aromatic rings. The van der Waals surface area contributed by atoms with Gasteiger partial charge in [0.25, 0.3) is 5.89 Å². The third kappa shape index (κ3) is 4.18. The van der Waals surface area contributed by atoms with Gasteiger partial charge in [-0.25, -0.2) is 0 Å². The highest BCUT2D eigenvalue weighted by Gasteiger charge is 2.34. The summed E-state index contributed by atoms with van der Waals surface area (Å²) in [6.45, 7) is 4.96. The second kappa shape index (κ2) is 9.40. The zero-order valence-electron chi connectivity index (χ0n) is 18.6. The van der Waals surface area contributed by atoms with E-state index < -0.39 is 0 Å². The van der Waals surface area contributed by atoms with Crippen molar-refractivity contribution >= 4 is 22.9 Å². The first-order valence-electron chi connectivity index (χ1n) is 10.5. The molecular weight excluding hydrogens is 424 g/mol. The SMILES string of the molecule is CCCN1C(=S)NC(c2cccc(OC)c2)C(c2nc(-c3ccc(OC)cc3)no2)=C1C. The van der Waals surface area contributed by atoms with Gasteiger partial charge in [0.1, 0.15) is 11.5 Å². The molecule has 8 heteroatoms. The topological polar surface area (TPSA) is 72.7 Å². The lowest BCUT2D eigenvalue weighted by Gasteiger charge is -2.37. The molecule has 0 saturated carbocycles. The fraction of sp³-hybridized carbons (Fsp3) is 0.292. The number of hydrogen-bond donors (Lipinski definition) is 1. The van der Waals surface area contributed by atoms with Crippen molar-refractivity contribution in [3.8, 4) is 22.9 Å². The van der Waals surface area contributed by atoms with Crippen LogP contribution in [0, 0.1) is 0 Å². The van der Waals surface area contributed by atoms with Gasteiger partial charge in [-0.05, 0) is 67.5 Å². The molecule has 4 rings (SSSR count). The summed E-state index contributed by atoms with van der Waals surface area (Å²) in [6.07, 6.45) is 0.956. The lowest BCUT2D eigenvalue weighted by Crippen LogP contribution is -2.46. The number of thiocarbonyl (C=S) groups is 1. The zero-order chi connectivity index (χ0) is 22.7.